The average molecular weight is 459 g/mol. The van der Waals surface area contributed by atoms with Crippen LogP contribution >= 0.6 is 0 Å². The number of allylic oxidation sites excluding steroid dienone is 1. The van der Waals surface area contributed by atoms with Crippen LogP contribution in [0.3, 0.4) is 0 Å². The van der Waals surface area contributed by atoms with Gasteiger partial charge < -0.3 is 14.2 Å². The summed E-state index contributed by atoms with van der Waals surface area (Å²) in [6, 6.07) is 13.9. The number of hydrogen-bond donors (Lipinski definition) is 0. The number of aryl methyl sites for hydroxylation is 2. The van der Waals surface area contributed by atoms with E-state index < -0.39 is 5.41 Å². The zero-order chi connectivity index (χ0) is 24.2. The summed E-state index contributed by atoms with van der Waals surface area (Å²) in [5, 5.41) is 0. The highest BCUT2D eigenvalue weighted by Gasteiger charge is 2.58. The lowest BCUT2D eigenvalue weighted by Gasteiger charge is -2.23. The van der Waals surface area contributed by atoms with E-state index in [0.717, 1.165) is 28.0 Å². The molecule has 0 radical (unpaired) electrons. The molecule has 0 N–H and O–H groups in total. The lowest BCUT2D eigenvalue weighted by atomic mass is 9.84. The molecule has 1 saturated heterocycles. The number of esters is 1. The Morgan fingerprint density at radius 2 is 1.59 bits per heavy atom. The number of carbonyl (C=O) groups excluding carboxylic acids is 2. The Balaban J connectivity index is 1.53. The number of hydrogen-bond acceptors (Lipinski definition) is 5. The third-order valence-corrected chi connectivity index (χ3v) is 6.82. The Morgan fingerprint density at radius 3 is 2.21 bits per heavy atom. The molecule has 0 aromatic heterocycles. The molecular weight excluding hydrogens is 428 g/mol. The van der Waals surface area contributed by atoms with Crippen molar-refractivity contribution in [3.8, 4) is 5.75 Å². The van der Waals surface area contributed by atoms with Crippen LogP contribution in [0.25, 0.3) is 5.57 Å². The summed E-state index contributed by atoms with van der Waals surface area (Å²) in [6.07, 6.45) is 3.43. The summed E-state index contributed by atoms with van der Waals surface area (Å²) in [6.45, 7) is 9.85. The fourth-order valence-corrected chi connectivity index (χ4v) is 5.15. The molecule has 0 saturated carbocycles. The van der Waals surface area contributed by atoms with Gasteiger partial charge in [0, 0.05) is 0 Å². The van der Waals surface area contributed by atoms with E-state index >= 15 is 0 Å². The van der Waals surface area contributed by atoms with Crippen molar-refractivity contribution in [3.05, 3.63) is 82.6 Å². The fourth-order valence-electron chi connectivity index (χ4n) is 5.15. The van der Waals surface area contributed by atoms with Crippen molar-refractivity contribution in [2.24, 2.45) is 17.3 Å². The van der Waals surface area contributed by atoms with Crippen molar-refractivity contribution < 1.29 is 23.8 Å². The van der Waals surface area contributed by atoms with Gasteiger partial charge in [0.2, 0.25) is 0 Å². The van der Waals surface area contributed by atoms with Gasteiger partial charge in [-0.15, -0.1) is 0 Å². The zero-order valence-corrected chi connectivity index (χ0v) is 20.3. The number of Topliss-reactive ketones (excluding diaryl/α,β-unsaturated/α-hetero) is 1. The molecule has 1 fully saturated rings. The normalized spacial score (nSPS) is 25.1. The molecule has 5 nitrogen and oxygen atoms in total. The first-order valence-corrected chi connectivity index (χ1v) is 11.8. The predicted octanol–water partition coefficient (Wildman–Crippen LogP) is 5.34. The molecule has 5 rings (SSSR count). The van der Waals surface area contributed by atoms with Gasteiger partial charge in [0.1, 0.15) is 18.1 Å². The van der Waals surface area contributed by atoms with E-state index in [9.17, 15) is 9.59 Å². The maximum atomic E-state index is 13.7. The minimum absolute atomic E-state index is 0.0114. The van der Waals surface area contributed by atoms with E-state index in [0.29, 0.717) is 17.9 Å². The second-order valence-corrected chi connectivity index (χ2v) is 10.5. The van der Waals surface area contributed by atoms with Gasteiger partial charge in [-0.05, 0) is 69.0 Å². The van der Waals surface area contributed by atoms with Crippen molar-refractivity contribution >= 4 is 17.3 Å². The van der Waals surface area contributed by atoms with E-state index in [1.807, 2.05) is 89.2 Å². The second kappa shape index (κ2) is 8.24. The number of ketones is 1. The molecule has 2 heterocycles. The fraction of sp³-hybridized carbons (Fsp3) is 0.379. The van der Waals surface area contributed by atoms with Crippen LogP contribution in [0.4, 0.5) is 0 Å². The van der Waals surface area contributed by atoms with Gasteiger partial charge in [0.25, 0.3) is 0 Å². The number of benzene rings is 2. The molecule has 2 aliphatic heterocycles. The minimum atomic E-state index is -0.688. The van der Waals surface area contributed by atoms with Crippen molar-refractivity contribution in [3.63, 3.8) is 0 Å². The molecule has 2 bridgehead atoms. The maximum absolute atomic E-state index is 13.7. The summed E-state index contributed by atoms with van der Waals surface area (Å²) < 4.78 is 18.0. The van der Waals surface area contributed by atoms with Crippen LogP contribution in [0.15, 0.2) is 60.4 Å². The number of fused-ring (bicyclic) bond motifs is 5. The molecule has 3 aliphatic rings. The van der Waals surface area contributed by atoms with E-state index in [-0.39, 0.29) is 35.8 Å². The molecule has 34 heavy (non-hydrogen) atoms. The topological polar surface area (TPSA) is 61.8 Å². The summed E-state index contributed by atoms with van der Waals surface area (Å²) >= 11 is 0. The largest absolute Gasteiger partial charge is 0.489 e. The quantitative estimate of drug-likeness (QED) is 0.447. The predicted molar refractivity (Wildman–Crippen MR) is 129 cm³/mol. The van der Waals surface area contributed by atoms with Crippen molar-refractivity contribution in [2.45, 2.75) is 53.4 Å². The SMILES string of the molecule is Cc1cc(OCc2ccccc2)cc(C)c1C1=C(OC(=O)C(C)(C)C)[C@H]2[C@@H](C1=O)[C@@H]1C=C[C@@H]2O1. The Morgan fingerprint density at radius 1 is 0.971 bits per heavy atom. The van der Waals surface area contributed by atoms with Crippen molar-refractivity contribution in [1.82, 2.24) is 0 Å². The van der Waals surface area contributed by atoms with Gasteiger partial charge in [-0.1, -0.05) is 42.5 Å². The van der Waals surface area contributed by atoms with Gasteiger partial charge in [-0.2, -0.15) is 0 Å². The Labute approximate surface area is 200 Å². The minimum Gasteiger partial charge on any atom is -0.489 e. The van der Waals surface area contributed by atoms with Crippen LogP contribution in [0.5, 0.6) is 5.75 Å². The van der Waals surface area contributed by atoms with Crippen LogP contribution in [0.2, 0.25) is 0 Å². The Hall–Kier alpha value is -3.18. The molecule has 1 aliphatic carbocycles. The maximum Gasteiger partial charge on any atom is 0.316 e. The first-order valence-electron chi connectivity index (χ1n) is 11.8. The third kappa shape index (κ3) is 3.78. The lowest BCUT2D eigenvalue weighted by Crippen LogP contribution is -2.29. The highest BCUT2D eigenvalue weighted by atomic mass is 16.5. The molecule has 0 spiro atoms. The van der Waals surface area contributed by atoms with E-state index in [1.54, 1.807) is 0 Å². The van der Waals surface area contributed by atoms with Crippen molar-refractivity contribution in [2.75, 3.05) is 0 Å². The summed E-state index contributed by atoms with van der Waals surface area (Å²) in [5.41, 5.74) is 3.56. The highest BCUT2D eigenvalue weighted by molar-refractivity contribution is 6.26. The smallest absolute Gasteiger partial charge is 0.316 e. The average Bonchev–Trinajstić information content (AvgIpc) is 3.47. The van der Waals surface area contributed by atoms with Crippen molar-refractivity contribution in [1.29, 1.82) is 0 Å². The summed E-state index contributed by atoms with van der Waals surface area (Å²) in [5.74, 6) is 0.223. The first-order chi connectivity index (χ1) is 16.1. The summed E-state index contributed by atoms with van der Waals surface area (Å²) in [7, 11) is 0. The summed E-state index contributed by atoms with van der Waals surface area (Å²) in [4.78, 5) is 26.6. The monoisotopic (exact) mass is 458 g/mol. The number of ether oxygens (including phenoxy) is 3. The van der Waals surface area contributed by atoms with E-state index in [2.05, 4.69) is 0 Å². The molecule has 2 aromatic rings. The first kappa shape index (κ1) is 22.6. The number of carbonyl (C=O) groups is 2. The second-order valence-electron chi connectivity index (χ2n) is 10.5. The highest BCUT2D eigenvalue weighted by Crippen LogP contribution is 2.53. The Kier molecular flexibility index (Phi) is 5.48. The van der Waals surface area contributed by atoms with Gasteiger partial charge in [-0.3, -0.25) is 9.59 Å². The molecule has 5 heteroatoms. The molecule has 176 valence electrons. The van der Waals surface area contributed by atoms with Gasteiger partial charge in [0.05, 0.1) is 35.0 Å². The molecule has 0 amide bonds. The third-order valence-electron chi connectivity index (χ3n) is 6.82. The van der Waals surface area contributed by atoms with Gasteiger partial charge >= 0.3 is 5.97 Å². The van der Waals surface area contributed by atoms with E-state index in [4.69, 9.17) is 14.2 Å². The van der Waals surface area contributed by atoms with Crippen LogP contribution in [0, 0.1) is 31.1 Å². The van der Waals surface area contributed by atoms with Crippen LogP contribution in [-0.2, 0) is 25.7 Å². The molecular formula is C29H30O5. The lowest BCUT2D eigenvalue weighted by molar-refractivity contribution is -0.149. The molecule has 2 aromatic carbocycles. The van der Waals surface area contributed by atoms with E-state index in [1.165, 1.54) is 0 Å². The molecule has 0 unspecified atom stereocenters. The number of rotatable bonds is 5. The Bertz CT molecular complexity index is 1190. The zero-order valence-electron chi connectivity index (χ0n) is 20.3. The molecule has 4 atom stereocenters. The van der Waals surface area contributed by atoms with Crippen LogP contribution in [0.1, 0.15) is 43.0 Å². The van der Waals surface area contributed by atoms with Gasteiger partial charge in [0.15, 0.2) is 5.78 Å². The standard InChI is InChI=1S/C29H30O5/c1-16-13-19(32-15-18-9-7-6-8-10-18)14-17(2)22(16)25-26(30)23-20-11-12-21(33-20)24(23)27(25)34-28(31)29(3,4)5/h6-14,20-21,23-24H,15H2,1-5H3/t20-,21-,23-,24+/m0/s1. The van der Waals surface area contributed by atoms with Crippen LogP contribution in [-0.4, -0.2) is 24.0 Å². The van der Waals surface area contributed by atoms with Crippen LogP contribution < -0.4 is 4.74 Å². The van der Waals surface area contributed by atoms with Gasteiger partial charge in [-0.25, -0.2) is 0 Å².